The summed E-state index contributed by atoms with van der Waals surface area (Å²) >= 11 is 12.5. The highest BCUT2D eigenvalue weighted by Crippen LogP contribution is 2.36. The molecule has 0 saturated heterocycles. The third-order valence-corrected chi connectivity index (χ3v) is 7.84. The van der Waals surface area contributed by atoms with Gasteiger partial charge < -0.3 is 14.8 Å². The summed E-state index contributed by atoms with van der Waals surface area (Å²) in [5.74, 6) is 0.728. The molecule has 178 valence electrons. The third-order valence-electron chi connectivity index (χ3n) is 5.26. The highest BCUT2D eigenvalue weighted by Gasteiger charge is 2.29. The molecule has 4 rings (SSSR count). The molecule has 0 aromatic heterocycles. The van der Waals surface area contributed by atoms with Crippen molar-refractivity contribution in [2.24, 2.45) is 0 Å². The number of halogens is 2. The minimum absolute atomic E-state index is 0.0266. The Balaban J connectivity index is 1.60. The maximum absolute atomic E-state index is 13.5. The van der Waals surface area contributed by atoms with Gasteiger partial charge in [-0.05, 0) is 48.9 Å². The minimum atomic E-state index is -4.11. The van der Waals surface area contributed by atoms with Crippen molar-refractivity contribution >= 4 is 44.8 Å². The lowest BCUT2D eigenvalue weighted by Crippen LogP contribution is -2.41. The quantitative estimate of drug-likeness (QED) is 0.481. The Morgan fingerprint density at radius 1 is 1.00 bits per heavy atom. The zero-order valence-corrected chi connectivity index (χ0v) is 20.5. The van der Waals surface area contributed by atoms with Gasteiger partial charge in [0.2, 0.25) is 5.91 Å². The number of carbonyl (C=O) groups is 1. The summed E-state index contributed by atoms with van der Waals surface area (Å²) < 4.78 is 39.0. The third kappa shape index (κ3) is 5.09. The molecule has 3 aromatic rings. The summed E-state index contributed by atoms with van der Waals surface area (Å²) in [6.45, 7) is 2.23. The van der Waals surface area contributed by atoms with Crippen molar-refractivity contribution in [3.8, 4) is 11.5 Å². The second-order valence-corrected chi connectivity index (χ2v) is 10.2. The van der Waals surface area contributed by atoms with Crippen LogP contribution in [0.1, 0.15) is 18.5 Å². The SMILES string of the molecule is C[C@H](NC(=O)CN(c1cccc(Cl)c1Cl)S(=O)(=O)c1ccccc1)c1ccc2c(c1)OCCO2. The van der Waals surface area contributed by atoms with Gasteiger partial charge in [0.25, 0.3) is 10.0 Å². The number of nitrogens with zero attached hydrogens (tertiary/aromatic N) is 1. The van der Waals surface area contributed by atoms with Crippen LogP contribution in [0, 0.1) is 0 Å². The van der Waals surface area contributed by atoms with E-state index in [1.165, 1.54) is 18.2 Å². The zero-order valence-electron chi connectivity index (χ0n) is 18.2. The number of anilines is 1. The highest BCUT2D eigenvalue weighted by molar-refractivity contribution is 7.92. The Morgan fingerprint density at radius 3 is 2.44 bits per heavy atom. The van der Waals surface area contributed by atoms with Crippen LogP contribution in [0.3, 0.4) is 0 Å². The monoisotopic (exact) mass is 520 g/mol. The van der Waals surface area contributed by atoms with Crippen molar-refractivity contribution in [3.63, 3.8) is 0 Å². The van der Waals surface area contributed by atoms with Crippen LogP contribution < -0.4 is 19.1 Å². The van der Waals surface area contributed by atoms with Crippen LogP contribution in [0.25, 0.3) is 0 Å². The molecule has 3 aromatic carbocycles. The standard InChI is InChI=1S/C24H22Cl2N2O5S/c1-16(17-10-11-21-22(14-17)33-13-12-32-21)27-23(29)15-28(20-9-5-8-19(25)24(20)26)34(30,31)18-6-3-2-4-7-18/h2-11,14,16H,12-13,15H2,1H3,(H,27,29)/t16-/m0/s1. The number of hydrogen-bond donors (Lipinski definition) is 1. The Morgan fingerprint density at radius 2 is 1.71 bits per heavy atom. The van der Waals surface area contributed by atoms with Gasteiger partial charge in [0.15, 0.2) is 11.5 Å². The smallest absolute Gasteiger partial charge is 0.264 e. The number of amides is 1. The second kappa shape index (κ2) is 10.1. The number of rotatable bonds is 7. The molecule has 34 heavy (non-hydrogen) atoms. The lowest BCUT2D eigenvalue weighted by atomic mass is 10.1. The zero-order chi connectivity index (χ0) is 24.3. The maximum Gasteiger partial charge on any atom is 0.264 e. The topological polar surface area (TPSA) is 84.9 Å². The number of sulfonamides is 1. The van der Waals surface area contributed by atoms with E-state index in [1.807, 2.05) is 6.07 Å². The number of nitrogens with one attached hydrogen (secondary N) is 1. The van der Waals surface area contributed by atoms with Crippen LogP contribution >= 0.6 is 23.2 Å². The van der Waals surface area contributed by atoms with Crippen LogP contribution in [0.5, 0.6) is 11.5 Å². The molecular weight excluding hydrogens is 499 g/mol. The van der Waals surface area contributed by atoms with Crippen LogP contribution in [-0.4, -0.2) is 34.1 Å². The molecule has 0 unspecified atom stereocenters. The van der Waals surface area contributed by atoms with E-state index in [0.29, 0.717) is 24.7 Å². The van der Waals surface area contributed by atoms with Gasteiger partial charge in [-0.1, -0.05) is 53.5 Å². The van der Waals surface area contributed by atoms with Crippen molar-refractivity contribution < 1.29 is 22.7 Å². The Labute approximate surface area is 208 Å². The average molecular weight is 521 g/mol. The number of ether oxygens (including phenoxy) is 2. The van der Waals surface area contributed by atoms with Gasteiger partial charge in [-0.3, -0.25) is 9.10 Å². The van der Waals surface area contributed by atoms with Crippen LogP contribution in [0.4, 0.5) is 5.69 Å². The predicted molar refractivity (Wildman–Crippen MR) is 131 cm³/mol. The van der Waals surface area contributed by atoms with E-state index in [4.69, 9.17) is 32.7 Å². The molecule has 7 nitrogen and oxygen atoms in total. The number of fused-ring (bicyclic) bond motifs is 1. The van der Waals surface area contributed by atoms with Crippen LogP contribution in [0.2, 0.25) is 10.0 Å². The fraction of sp³-hybridized carbons (Fsp3) is 0.208. The predicted octanol–water partition coefficient (Wildman–Crippen LogP) is 4.84. The maximum atomic E-state index is 13.5. The summed E-state index contributed by atoms with van der Waals surface area (Å²) in [4.78, 5) is 13.1. The first-order valence-corrected chi connectivity index (χ1v) is 12.7. The summed E-state index contributed by atoms with van der Waals surface area (Å²) in [5.41, 5.74) is 0.899. The summed E-state index contributed by atoms with van der Waals surface area (Å²) in [6, 6.07) is 17.4. The molecule has 10 heteroatoms. The van der Waals surface area contributed by atoms with E-state index >= 15 is 0 Å². The minimum Gasteiger partial charge on any atom is -0.486 e. The summed E-state index contributed by atoms with van der Waals surface area (Å²) in [6.07, 6.45) is 0. The van der Waals surface area contributed by atoms with Crippen molar-refractivity contribution in [2.75, 3.05) is 24.1 Å². The lowest BCUT2D eigenvalue weighted by molar-refractivity contribution is -0.120. The van der Waals surface area contributed by atoms with Crippen molar-refractivity contribution in [1.29, 1.82) is 0 Å². The normalized spacial score (nSPS) is 13.7. The van der Waals surface area contributed by atoms with E-state index in [9.17, 15) is 13.2 Å². The van der Waals surface area contributed by atoms with Gasteiger partial charge in [0.05, 0.1) is 26.7 Å². The second-order valence-electron chi connectivity index (χ2n) is 7.59. The molecule has 0 aliphatic carbocycles. The molecule has 1 aliphatic rings. The van der Waals surface area contributed by atoms with Crippen molar-refractivity contribution in [2.45, 2.75) is 17.9 Å². The first kappa shape index (κ1) is 24.2. The van der Waals surface area contributed by atoms with Crippen LogP contribution in [-0.2, 0) is 14.8 Å². The molecule has 1 aliphatic heterocycles. The average Bonchev–Trinajstić information content (AvgIpc) is 2.84. The van der Waals surface area contributed by atoms with Crippen molar-refractivity contribution in [3.05, 3.63) is 82.3 Å². The van der Waals surface area contributed by atoms with Crippen molar-refractivity contribution in [1.82, 2.24) is 5.32 Å². The highest BCUT2D eigenvalue weighted by atomic mass is 35.5. The van der Waals surface area contributed by atoms with Gasteiger partial charge in [-0.15, -0.1) is 0 Å². The Kier molecular flexibility index (Phi) is 7.21. The van der Waals surface area contributed by atoms with Gasteiger partial charge in [0, 0.05) is 0 Å². The van der Waals surface area contributed by atoms with E-state index in [2.05, 4.69) is 5.32 Å². The molecule has 0 fully saturated rings. The summed E-state index contributed by atoms with van der Waals surface area (Å²) in [5, 5.41) is 3.06. The molecular formula is C24H22Cl2N2O5S. The fourth-order valence-electron chi connectivity index (χ4n) is 3.53. The van der Waals surface area contributed by atoms with E-state index in [-0.39, 0.29) is 20.6 Å². The fourth-order valence-corrected chi connectivity index (χ4v) is 5.44. The molecule has 1 amide bonds. The van der Waals surface area contributed by atoms with Gasteiger partial charge >= 0.3 is 0 Å². The Hall–Kier alpha value is -2.94. The number of benzene rings is 3. The molecule has 0 spiro atoms. The Bertz CT molecular complexity index is 1300. The molecule has 1 atom stereocenters. The largest absolute Gasteiger partial charge is 0.486 e. The van der Waals surface area contributed by atoms with Gasteiger partial charge in [0.1, 0.15) is 19.8 Å². The van der Waals surface area contributed by atoms with E-state index in [1.54, 1.807) is 49.4 Å². The van der Waals surface area contributed by atoms with Gasteiger partial charge in [-0.25, -0.2) is 8.42 Å². The first-order valence-electron chi connectivity index (χ1n) is 10.5. The van der Waals surface area contributed by atoms with Crippen LogP contribution in [0.15, 0.2) is 71.6 Å². The van der Waals surface area contributed by atoms with E-state index < -0.39 is 28.5 Å². The van der Waals surface area contributed by atoms with Gasteiger partial charge in [-0.2, -0.15) is 0 Å². The number of carbonyl (C=O) groups excluding carboxylic acids is 1. The van der Waals surface area contributed by atoms with E-state index in [0.717, 1.165) is 9.87 Å². The molecule has 0 saturated carbocycles. The molecule has 1 N–H and O–H groups in total. The number of hydrogen-bond acceptors (Lipinski definition) is 5. The summed E-state index contributed by atoms with van der Waals surface area (Å²) in [7, 11) is -4.11. The molecule has 0 radical (unpaired) electrons. The lowest BCUT2D eigenvalue weighted by Gasteiger charge is -2.26. The first-order chi connectivity index (χ1) is 16.3. The molecule has 0 bridgehead atoms. The molecule has 1 heterocycles.